The van der Waals surface area contributed by atoms with Gasteiger partial charge in [0.2, 0.25) is 0 Å². The van der Waals surface area contributed by atoms with Crippen LogP contribution in [0.4, 0.5) is 10.1 Å². The van der Waals surface area contributed by atoms with E-state index in [1.165, 1.54) is 6.07 Å². The lowest BCUT2D eigenvalue weighted by atomic mass is 10.3. The summed E-state index contributed by atoms with van der Waals surface area (Å²) in [4.78, 5) is 0. The molecule has 0 bridgehead atoms. The van der Waals surface area contributed by atoms with E-state index in [9.17, 15) is 4.39 Å². The summed E-state index contributed by atoms with van der Waals surface area (Å²) in [6, 6.07) is 2.39. The zero-order valence-corrected chi connectivity index (χ0v) is 7.44. The average Bonchev–Trinajstić information content (AvgIpc) is 2.09. The lowest BCUT2D eigenvalue weighted by Gasteiger charge is -2.05. The van der Waals surface area contributed by atoms with Crippen molar-refractivity contribution in [1.29, 1.82) is 0 Å². The Balaban J connectivity index is 2.96. The molecule has 1 aromatic carbocycles. The van der Waals surface area contributed by atoms with Crippen molar-refractivity contribution in [1.82, 2.24) is 0 Å². The number of halogens is 2. The number of hydrogen-bond acceptors (Lipinski definition) is 2. The molecule has 0 aromatic heterocycles. The van der Waals surface area contributed by atoms with Gasteiger partial charge >= 0.3 is 0 Å². The van der Waals surface area contributed by atoms with Crippen LogP contribution in [-0.2, 0) is 0 Å². The van der Waals surface area contributed by atoms with Crippen molar-refractivity contribution in [2.45, 2.75) is 0 Å². The van der Waals surface area contributed by atoms with E-state index < -0.39 is 5.82 Å². The highest BCUT2D eigenvalue weighted by atomic mass is 35.5. The Morgan fingerprint density at radius 2 is 2.31 bits per heavy atom. The minimum atomic E-state index is -0.575. The third kappa shape index (κ3) is 2.27. The second kappa shape index (κ2) is 4.01. The van der Waals surface area contributed by atoms with E-state index in [1.54, 1.807) is 0 Å². The zero-order valence-electron chi connectivity index (χ0n) is 6.68. The Kier molecular flexibility index (Phi) is 2.99. The number of nitrogens with two attached hydrogens (primary N) is 1. The Morgan fingerprint density at radius 3 is 2.92 bits per heavy atom. The molecular weight excluding hydrogens is 193 g/mol. The maximum Gasteiger partial charge on any atom is 0.166 e. The van der Waals surface area contributed by atoms with Crippen LogP contribution >= 0.6 is 11.6 Å². The summed E-state index contributed by atoms with van der Waals surface area (Å²) in [6.07, 6.45) is 4.94. The lowest BCUT2D eigenvalue weighted by Crippen LogP contribution is -1.98. The van der Waals surface area contributed by atoms with Crippen molar-refractivity contribution in [2.75, 3.05) is 12.3 Å². The van der Waals surface area contributed by atoms with Gasteiger partial charge in [-0.15, -0.1) is 6.42 Å². The number of anilines is 1. The van der Waals surface area contributed by atoms with Crippen LogP contribution in [0.25, 0.3) is 0 Å². The average molecular weight is 200 g/mol. The standard InChI is InChI=1S/C9H7ClFNO/c1-2-3-13-9-5-8(12)6(10)4-7(9)11/h1,4-5H,3,12H2. The van der Waals surface area contributed by atoms with Gasteiger partial charge < -0.3 is 10.5 Å². The highest BCUT2D eigenvalue weighted by Crippen LogP contribution is 2.27. The molecule has 0 saturated heterocycles. The van der Waals surface area contributed by atoms with E-state index in [0.29, 0.717) is 0 Å². The van der Waals surface area contributed by atoms with Crippen LogP contribution in [0, 0.1) is 18.2 Å². The maximum atomic E-state index is 13.0. The van der Waals surface area contributed by atoms with Crippen LogP contribution < -0.4 is 10.5 Å². The van der Waals surface area contributed by atoms with Gasteiger partial charge in [0.25, 0.3) is 0 Å². The molecule has 0 heterocycles. The molecule has 0 aliphatic carbocycles. The highest BCUT2D eigenvalue weighted by Gasteiger charge is 2.06. The summed E-state index contributed by atoms with van der Waals surface area (Å²) >= 11 is 5.56. The SMILES string of the molecule is C#CCOc1cc(N)c(Cl)cc1F. The molecule has 0 spiro atoms. The molecule has 13 heavy (non-hydrogen) atoms. The normalized spacial score (nSPS) is 9.31. The number of hydrogen-bond donors (Lipinski definition) is 1. The number of terminal acetylenes is 1. The molecule has 0 fully saturated rings. The predicted molar refractivity (Wildman–Crippen MR) is 50.2 cm³/mol. The Morgan fingerprint density at radius 1 is 1.62 bits per heavy atom. The van der Waals surface area contributed by atoms with E-state index in [0.717, 1.165) is 6.07 Å². The number of benzene rings is 1. The van der Waals surface area contributed by atoms with Gasteiger partial charge in [0.05, 0.1) is 10.7 Å². The molecule has 0 aliphatic rings. The lowest BCUT2D eigenvalue weighted by molar-refractivity contribution is 0.348. The first-order chi connectivity index (χ1) is 6.15. The van der Waals surface area contributed by atoms with Crippen LogP contribution in [-0.4, -0.2) is 6.61 Å². The van der Waals surface area contributed by atoms with E-state index >= 15 is 0 Å². The number of rotatable bonds is 2. The largest absolute Gasteiger partial charge is 0.478 e. The fourth-order valence-electron chi connectivity index (χ4n) is 0.775. The summed E-state index contributed by atoms with van der Waals surface area (Å²) in [5.41, 5.74) is 5.69. The zero-order chi connectivity index (χ0) is 9.84. The summed E-state index contributed by atoms with van der Waals surface area (Å²) in [5.74, 6) is 1.65. The van der Waals surface area contributed by atoms with Crippen molar-refractivity contribution < 1.29 is 9.13 Å². The second-order valence-electron chi connectivity index (χ2n) is 2.30. The minimum absolute atomic E-state index is 0.00199. The van der Waals surface area contributed by atoms with Gasteiger partial charge in [0.15, 0.2) is 11.6 Å². The van der Waals surface area contributed by atoms with Crippen molar-refractivity contribution in [3.8, 4) is 18.1 Å². The summed E-state index contributed by atoms with van der Waals surface area (Å²) in [5, 5.41) is 0.158. The smallest absolute Gasteiger partial charge is 0.166 e. The van der Waals surface area contributed by atoms with E-state index in [-0.39, 0.29) is 23.1 Å². The Hall–Kier alpha value is -1.40. The van der Waals surface area contributed by atoms with Crippen LogP contribution in [0.2, 0.25) is 5.02 Å². The molecule has 0 unspecified atom stereocenters. The molecule has 1 aromatic rings. The van der Waals surface area contributed by atoms with Crippen molar-refractivity contribution in [3.63, 3.8) is 0 Å². The fraction of sp³-hybridized carbons (Fsp3) is 0.111. The second-order valence-corrected chi connectivity index (χ2v) is 2.70. The fourth-order valence-corrected chi connectivity index (χ4v) is 0.925. The molecule has 2 N–H and O–H groups in total. The summed E-state index contributed by atoms with van der Waals surface area (Å²) < 4.78 is 17.9. The number of nitrogen functional groups attached to an aromatic ring is 1. The van der Waals surface area contributed by atoms with Crippen molar-refractivity contribution >= 4 is 17.3 Å². The van der Waals surface area contributed by atoms with Gasteiger partial charge in [-0.2, -0.15) is 0 Å². The van der Waals surface area contributed by atoms with Gasteiger partial charge in [-0.1, -0.05) is 17.5 Å². The van der Waals surface area contributed by atoms with Crippen LogP contribution in [0.3, 0.4) is 0 Å². The van der Waals surface area contributed by atoms with Crippen LogP contribution in [0.15, 0.2) is 12.1 Å². The molecule has 0 saturated carbocycles. The predicted octanol–water partition coefficient (Wildman–Crippen LogP) is 2.07. The Bertz CT molecular complexity index is 359. The first-order valence-electron chi connectivity index (χ1n) is 3.46. The molecule has 0 amide bonds. The molecule has 2 nitrogen and oxygen atoms in total. The van der Waals surface area contributed by atoms with Crippen LogP contribution in [0.5, 0.6) is 5.75 Å². The molecule has 4 heteroatoms. The van der Waals surface area contributed by atoms with E-state index in [4.69, 9.17) is 28.5 Å². The van der Waals surface area contributed by atoms with Gasteiger partial charge in [-0.05, 0) is 6.07 Å². The van der Waals surface area contributed by atoms with E-state index in [1.807, 2.05) is 0 Å². The van der Waals surface area contributed by atoms with Crippen LogP contribution in [0.1, 0.15) is 0 Å². The van der Waals surface area contributed by atoms with Crippen molar-refractivity contribution in [3.05, 3.63) is 23.0 Å². The highest BCUT2D eigenvalue weighted by molar-refractivity contribution is 6.33. The first-order valence-corrected chi connectivity index (χ1v) is 3.83. The molecule has 0 atom stereocenters. The quantitative estimate of drug-likeness (QED) is 0.585. The third-order valence-corrected chi connectivity index (χ3v) is 1.69. The molecular formula is C9H7ClFNO. The summed E-state index contributed by atoms with van der Waals surface area (Å²) in [7, 11) is 0. The minimum Gasteiger partial charge on any atom is -0.478 e. The molecule has 68 valence electrons. The maximum absolute atomic E-state index is 13.0. The summed E-state index contributed by atoms with van der Waals surface area (Å²) in [6.45, 7) is -0.00199. The van der Waals surface area contributed by atoms with Gasteiger partial charge in [-0.25, -0.2) is 4.39 Å². The van der Waals surface area contributed by atoms with Crippen molar-refractivity contribution in [2.24, 2.45) is 0 Å². The van der Waals surface area contributed by atoms with Gasteiger partial charge in [0, 0.05) is 6.07 Å². The van der Waals surface area contributed by atoms with Gasteiger partial charge in [-0.3, -0.25) is 0 Å². The first kappa shape index (κ1) is 9.69. The topological polar surface area (TPSA) is 35.2 Å². The van der Waals surface area contributed by atoms with E-state index in [2.05, 4.69) is 5.92 Å². The van der Waals surface area contributed by atoms with Gasteiger partial charge in [0.1, 0.15) is 6.61 Å². The number of ether oxygens (including phenoxy) is 1. The molecule has 0 radical (unpaired) electrons. The monoisotopic (exact) mass is 199 g/mol. The Labute approximate surface area is 80.4 Å². The third-order valence-electron chi connectivity index (χ3n) is 1.36. The molecule has 1 rings (SSSR count). The molecule has 0 aliphatic heterocycles.